The van der Waals surface area contributed by atoms with E-state index < -0.39 is 5.60 Å². The van der Waals surface area contributed by atoms with Gasteiger partial charge in [-0.05, 0) is 26.8 Å². The van der Waals surface area contributed by atoms with Crippen molar-refractivity contribution < 1.29 is 9.90 Å². The molecular formula is C17H22N6O2. The Kier molecular flexibility index (Phi) is 4.08. The van der Waals surface area contributed by atoms with Crippen molar-refractivity contribution in [1.29, 1.82) is 0 Å². The molecule has 1 atom stereocenters. The topological polar surface area (TPSA) is 97.9 Å². The van der Waals surface area contributed by atoms with Gasteiger partial charge in [0, 0.05) is 31.5 Å². The van der Waals surface area contributed by atoms with Crippen LogP contribution in [0.2, 0.25) is 0 Å². The van der Waals surface area contributed by atoms with Crippen molar-refractivity contribution in [2.75, 3.05) is 6.54 Å². The number of carbonyl (C=O) groups excluding carboxylic acids is 1. The lowest BCUT2D eigenvalue weighted by atomic mass is 9.99. The quantitative estimate of drug-likeness (QED) is 0.736. The molecule has 0 radical (unpaired) electrons. The van der Waals surface area contributed by atoms with Crippen LogP contribution >= 0.6 is 0 Å². The molecule has 0 spiro atoms. The van der Waals surface area contributed by atoms with E-state index in [0.29, 0.717) is 16.8 Å². The maximum absolute atomic E-state index is 12.7. The number of nitrogens with zero attached hydrogens (tertiary/aromatic N) is 5. The van der Waals surface area contributed by atoms with Crippen LogP contribution in [-0.2, 0) is 19.7 Å². The molecule has 25 heavy (non-hydrogen) atoms. The van der Waals surface area contributed by atoms with E-state index in [4.69, 9.17) is 0 Å². The van der Waals surface area contributed by atoms with E-state index in [2.05, 4.69) is 20.5 Å². The van der Waals surface area contributed by atoms with E-state index in [0.717, 1.165) is 16.8 Å². The molecule has 1 amide bonds. The molecular weight excluding hydrogens is 320 g/mol. The molecule has 3 heterocycles. The van der Waals surface area contributed by atoms with Gasteiger partial charge in [0.05, 0.1) is 29.4 Å². The van der Waals surface area contributed by atoms with Gasteiger partial charge in [-0.25, -0.2) is 4.98 Å². The Balaban J connectivity index is 1.88. The van der Waals surface area contributed by atoms with Crippen LogP contribution in [0.3, 0.4) is 0 Å². The minimum absolute atomic E-state index is 0.0691. The van der Waals surface area contributed by atoms with Gasteiger partial charge in [0.1, 0.15) is 5.60 Å². The summed E-state index contributed by atoms with van der Waals surface area (Å²) in [6, 6.07) is 1.74. The second-order valence-electron chi connectivity index (χ2n) is 6.58. The lowest BCUT2D eigenvalue weighted by Crippen LogP contribution is -2.38. The maximum Gasteiger partial charge on any atom is 0.252 e. The molecule has 2 N–H and O–H groups in total. The summed E-state index contributed by atoms with van der Waals surface area (Å²) in [5.74, 6) is -0.268. The van der Waals surface area contributed by atoms with E-state index in [9.17, 15) is 9.90 Å². The summed E-state index contributed by atoms with van der Waals surface area (Å²) in [5.41, 5.74) is 2.09. The number of amides is 1. The Morgan fingerprint density at radius 3 is 2.72 bits per heavy atom. The Morgan fingerprint density at radius 1 is 1.36 bits per heavy atom. The van der Waals surface area contributed by atoms with Crippen LogP contribution in [0, 0.1) is 13.8 Å². The van der Waals surface area contributed by atoms with Gasteiger partial charge in [0.2, 0.25) is 0 Å². The molecule has 3 aromatic heterocycles. The number of fused-ring (bicyclic) bond motifs is 1. The number of aromatic nitrogens is 5. The molecule has 0 saturated heterocycles. The van der Waals surface area contributed by atoms with Crippen LogP contribution in [0.15, 0.2) is 18.5 Å². The summed E-state index contributed by atoms with van der Waals surface area (Å²) in [6.07, 6.45) is 3.32. The second kappa shape index (κ2) is 5.96. The number of hydrogen-bond acceptors (Lipinski definition) is 5. The van der Waals surface area contributed by atoms with Crippen molar-refractivity contribution in [1.82, 2.24) is 29.9 Å². The Morgan fingerprint density at radius 2 is 2.08 bits per heavy atom. The first kappa shape index (κ1) is 17.1. The highest BCUT2D eigenvalue weighted by Crippen LogP contribution is 2.23. The molecule has 0 aliphatic heterocycles. The first-order chi connectivity index (χ1) is 11.7. The van der Waals surface area contributed by atoms with Crippen LogP contribution in [0.4, 0.5) is 0 Å². The predicted molar refractivity (Wildman–Crippen MR) is 93.1 cm³/mol. The molecule has 0 aliphatic carbocycles. The summed E-state index contributed by atoms with van der Waals surface area (Å²) < 4.78 is 3.28. The van der Waals surface area contributed by atoms with E-state index in [-0.39, 0.29) is 12.5 Å². The third kappa shape index (κ3) is 3.12. The summed E-state index contributed by atoms with van der Waals surface area (Å²) in [5, 5.41) is 22.6. The Hall–Kier alpha value is -2.74. The molecule has 132 valence electrons. The van der Waals surface area contributed by atoms with Crippen molar-refractivity contribution in [2.24, 2.45) is 14.1 Å². The van der Waals surface area contributed by atoms with E-state index in [1.807, 2.05) is 13.8 Å². The number of aryl methyl sites for hydroxylation is 4. The van der Waals surface area contributed by atoms with E-state index in [1.54, 1.807) is 48.8 Å². The number of pyridine rings is 1. The van der Waals surface area contributed by atoms with Crippen molar-refractivity contribution in [3.8, 4) is 0 Å². The highest BCUT2D eigenvalue weighted by molar-refractivity contribution is 6.06. The van der Waals surface area contributed by atoms with Gasteiger partial charge in [-0.3, -0.25) is 14.2 Å². The zero-order chi connectivity index (χ0) is 18.4. The van der Waals surface area contributed by atoms with Crippen LogP contribution in [0.1, 0.15) is 34.2 Å². The average molecular weight is 342 g/mol. The molecule has 8 nitrogen and oxygen atoms in total. The van der Waals surface area contributed by atoms with E-state index in [1.165, 1.54) is 0 Å². The molecule has 0 bridgehead atoms. The first-order valence-electron chi connectivity index (χ1n) is 7.99. The summed E-state index contributed by atoms with van der Waals surface area (Å²) in [7, 11) is 3.58. The van der Waals surface area contributed by atoms with Crippen LogP contribution < -0.4 is 5.32 Å². The van der Waals surface area contributed by atoms with Crippen molar-refractivity contribution in [2.45, 2.75) is 26.4 Å². The maximum atomic E-state index is 12.7. The van der Waals surface area contributed by atoms with E-state index >= 15 is 0 Å². The van der Waals surface area contributed by atoms with Gasteiger partial charge >= 0.3 is 0 Å². The van der Waals surface area contributed by atoms with Gasteiger partial charge in [0.15, 0.2) is 5.65 Å². The molecule has 0 aliphatic rings. The predicted octanol–water partition coefficient (Wildman–Crippen LogP) is 0.956. The fraction of sp³-hybridized carbons (Fsp3) is 0.412. The molecule has 0 saturated carbocycles. The molecule has 1 unspecified atom stereocenters. The fourth-order valence-electron chi connectivity index (χ4n) is 2.90. The van der Waals surface area contributed by atoms with Gasteiger partial charge in [-0.1, -0.05) is 0 Å². The summed E-state index contributed by atoms with van der Waals surface area (Å²) in [6.45, 7) is 5.40. The lowest BCUT2D eigenvalue weighted by molar-refractivity contribution is 0.0526. The third-order valence-electron chi connectivity index (χ3n) is 4.26. The number of hydrogen-bond donors (Lipinski definition) is 2. The summed E-state index contributed by atoms with van der Waals surface area (Å²) in [4.78, 5) is 17.2. The van der Waals surface area contributed by atoms with Crippen LogP contribution in [0.25, 0.3) is 11.0 Å². The van der Waals surface area contributed by atoms with Gasteiger partial charge in [-0.15, -0.1) is 0 Å². The van der Waals surface area contributed by atoms with Crippen molar-refractivity contribution >= 4 is 16.9 Å². The minimum atomic E-state index is -1.21. The normalized spacial score (nSPS) is 13.8. The third-order valence-corrected chi connectivity index (χ3v) is 4.26. The molecule has 3 aromatic rings. The van der Waals surface area contributed by atoms with Crippen LogP contribution in [-0.4, -0.2) is 42.1 Å². The molecule has 3 rings (SSSR count). The number of carbonyl (C=O) groups is 1. The average Bonchev–Trinajstić information content (AvgIpc) is 3.09. The highest BCUT2D eigenvalue weighted by atomic mass is 16.3. The highest BCUT2D eigenvalue weighted by Gasteiger charge is 2.26. The summed E-state index contributed by atoms with van der Waals surface area (Å²) >= 11 is 0. The number of aliphatic hydroxyl groups is 1. The monoisotopic (exact) mass is 342 g/mol. The molecule has 0 aromatic carbocycles. The SMILES string of the molecule is Cc1cc(C(=O)NCC(C)(O)c2cnn(C)c2)c2c(C)nn(C)c2n1. The number of nitrogens with one attached hydrogen (secondary N) is 1. The zero-order valence-corrected chi connectivity index (χ0v) is 15.0. The van der Waals surface area contributed by atoms with Gasteiger partial charge < -0.3 is 10.4 Å². The minimum Gasteiger partial charge on any atom is -0.383 e. The number of rotatable bonds is 4. The van der Waals surface area contributed by atoms with Gasteiger partial charge in [-0.2, -0.15) is 10.2 Å². The molecule has 8 heteroatoms. The Bertz CT molecular complexity index is 954. The van der Waals surface area contributed by atoms with Crippen LogP contribution in [0.5, 0.6) is 0 Å². The van der Waals surface area contributed by atoms with Crippen molar-refractivity contribution in [3.63, 3.8) is 0 Å². The zero-order valence-electron chi connectivity index (χ0n) is 15.0. The molecule has 0 fully saturated rings. The van der Waals surface area contributed by atoms with Crippen molar-refractivity contribution in [3.05, 3.63) is 41.0 Å². The lowest BCUT2D eigenvalue weighted by Gasteiger charge is -2.22. The first-order valence-corrected chi connectivity index (χ1v) is 7.99. The standard InChI is InChI=1S/C17H22N6O2/c1-10-6-13(14-11(2)21-23(5)15(14)20-10)16(24)18-9-17(3,25)12-7-19-22(4)8-12/h6-8,25H,9H2,1-5H3,(H,18,24). The smallest absolute Gasteiger partial charge is 0.252 e. The fourth-order valence-corrected chi connectivity index (χ4v) is 2.90. The second-order valence-corrected chi connectivity index (χ2v) is 6.58. The largest absolute Gasteiger partial charge is 0.383 e. The van der Waals surface area contributed by atoms with Gasteiger partial charge in [0.25, 0.3) is 5.91 Å². The Labute approximate surface area is 145 Å².